The molecule has 0 saturated heterocycles. The molecule has 1 aromatic rings. The highest BCUT2D eigenvalue weighted by Gasteiger charge is 2.19. The van der Waals surface area contributed by atoms with Crippen LogP contribution in [-0.2, 0) is 16.0 Å². The molecule has 0 fully saturated rings. The molecule has 0 radical (unpaired) electrons. The number of hydrogen-bond acceptors (Lipinski definition) is 5. The van der Waals surface area contributed by atoms with E-state index in [2.05, 4.69) is 25.9 Å². The number of nitrogens with zero attached hydrogens (tertiary/aromatic N) is 2. The largest absolute Gasteiger partial charge is 0.477 e. The smallest absolute Gasteiger partial charge is 0.356 e. The van der Waals surface area contributed by atoms with E-state index in [1.54, 1.807) is 24.8 Å². The molecule has 22 heavy (non-hydrogen) atoms. The lowest BCUT2D eigenvalue weighted by Gasteiger charge is -2.18. The van der Waals surface area contributed by atoms with Crippen molar-refractivity contribution in [2.24, 2.45) is 5.41 Å². The molecule has 0 aliphatic rings. The van der Waals surface area contributed by atoms with Crippen molar-refractivity contribution in [2.45, 2.75) is 47.1 Å². The molecule has 0 spiro atoms. The van der Waals surface area contributed by atoms with Gasteiger partial charge in [-0.3, -0.25) is 4.68 Å². The summed E-state index contributed by atoms with van der Waals surface area (Å²) in [6.45, 7) is 10.4. The van der Waals surface area contributed by atoms with Crippen LogP contribution in [0.5, 0.6) is 5.88 Å². The third kappa shape index (κ3) is 6.47. The monoisotopic (exact) mass is 312 g/mol. The number of aryl methyl sites for hydroxylation is 1. The van der Waals surface area contributed by atoms with Crippen molar-refractivity contribution < 1.29 is 19.0 Å². The summed E-state index contributed by atoms with van der Waals surface area (Å²) in [6, 6.07) is 1.65. The van der Waals surface area contributed by atoms with E-state index in [0.29, 0.717) is 37.9 Å². The Bertz CT molecular complexity index is 463. The summed E-state index contributed by atoms with van der Waals surface area (Å²) in [6.07, 6.45) is 1.68. The van der Waals surface area contributed by atoms with Gasteiger partial charge in [0.1, 0.15) is 5.69 Å². The second-order valence-corrected chi connectivity index (χ2v) is 6.32. The molecular weight excluding hydrogens is 284 g/mol. The van der Waals surface area contributed by atoms with Crippen molar-refractivity contribution in [3.63, 3.8) is 0 Å². The summed E-state index contributed by atoms with van der Waals surface area (Å²) in [7, 11) is 1.65. The summed E-state index contributed by atoms with van der Waals surface area (Å²) < 4.78 is 17.3. The molecule has 126 valence electrons. The predicted molar refractivity (Wildman–Crippen MR) is 84.2 cm³/mol. The van der Waals surface area contributed by atoms with Gasteiger partial charge < -0.3 is 14.2 Å². The van der Waals surface area contributed by atoms with Crippen LogP contribution < -0.4 is 4.74 Å². The van der Waals surface area contributed by atoms with Crippen molar-refractivity contribution in [2.75, 3.05) is 26.9 Å². The Morgan fingerprint density at radius 2 is 2.05 bits per heavy atom. The first-order valence-corrected chi connectivity index (χ1v) is 7.74. The van der Waals surface area contributed by atoms with Crippen molar-refractivity contribution in [3.8, 4) is 5.88 Å². The summed E-state index contributed by atoms with van der Waals surface area (Å²) in [5, 5.41) is 4.37. The highest BCUT2D eigenvalue weighted by molar-refractivity contribution is 5.87. The molecule has 1 aromatic heterocycles. The molecule has 0 aliphatic carbocycles. The molecule has 6 heteroatoms. The van der Waals surface area contributed by atoms with Gasteiger partial charge >= 0.3 is 5.97 Å². The fraction of sp³-hybridized carbons (Fsp3) is 0.750. The molecule has 0 unspecified atom stereocenters. The number of carbonyl (C=O) groups excluding carboxylic acids is 1. The Kier molecular flexibility index (Phi) is 7.38. The molecule has 0 saturated carbocycles. The Balaban J connectivity index is 2.77. The Morgan fingerprint density at radius 3 is 2.64 bits per heavy atom. The minimum absolute atomic E-state index is 0.164. The highest BCUT2D eigenvalue weighted by atomic mass is 16.5. The van der Waals surface area contributed by atoms with Crippen molar-refractivity contribution in [3.05, 3.63) is 11.8 Å². The van der Waals surface area contributed by atoms with Crippen LogP contribution in [-0.4, -0.2) is 42.7 Å². The molecule has 0 N–H and O–H groups in total. The number of ether oxygens (including phenoxy) is 3. The predicted octanol–water partition coefficient (Wildman–Crippen LogP) is 2.91. The fourth-order valence-corrected chi connectivity index (χ4v) is 1.82. The van der Waals surface area contributed by atoms with Gasteiger partial charge in [-0.25, -0.2) is 4.79 Å². The Morgan fingerprint density at radius 1 is 1.32 bits per heavy atom. The molecule has 0 aromatic carbocycles. The van der Waals surface area contributed by atoms with Gasteiger partial charge in [0.15, 0.2) is 0 Å². The van der Waals surface area contributed by atoms with Gasteiger partial charge in [-0.15, -0.1) is 5.10 Å². The maximum Gasteiger partial charge on any atom is 0.356 e. The van der Waals surface area contributed by atoms with E-state index in [1.165, 1.54) is 0 Å². The maximum atomic E-state index is 12.0. The van der Waals surface area contributed by atoms with Crippen molar-refractivity contribution in [1.82, 2.24) is 9.78 Å². The van der Waals surface area contributed by atoms with Crippen LogP contribution in [0.25, 0.3) is 0 Å². The highest BCUT2D eigenvalue weighted by Crippen LogP contribution is 2.21. The average Bonchev–Trinajstić information content (AvgIpc) is 2.84. The van der Waals surface area contributed by atoms with Crippen LogP contribution in [0.2, 0.25) is 0 Å². The van der Waals surface area contributed by atoms with Gasteiger partial charge in [-0.1, -0.05) is 20.8 Å². The summed E-state index contributed by atoms with van der Waals surface area (Å²) in [4.78, 5) is 12.0. The quantitative estimate of drug-likeness (QED) is 0.518. The standard InChI is InChI=1S/C16H28N2O4/c1-6-21-15(19)13-12-14(22-11-7-10-20-5)17-18(13)9-8-16(2,3)4/h12H,6-11H2,1-5H3. The topological polar surface area (TPSA) is 62.6 Å². The molecule has 1 heterocycles. The van der Waals surface area contributed by atoms with E-state index in [9.17, 15) is 4.79 Å². The Hall–Kier alpha value is -1.56. The van der Waals surface area contributed by atoms with Crippen LogP contribution in [0.1, 0.15) is 51.0 Å². The van der Waals surface area contributed by atoms with Crippen molar-refractivity contribution in [1.29, 1.82) is 0 Å². The second-order valence-electron chi connectivity index (χ2n) is 6.32. The normalized spacial score (nSPS) is 11.5. The van der Waals surface area contributed by atoms with E-state index in [4.69, 9.17) is 14.2 Å². The van der Waals surface area contributed by atoms with E-state index < -0.39 is 0 Å². The third-order valence-electron chi connectivity index (χ3n) is 3.06. The van der Waals surface area contributed by atoms with Gasteiger partial charge in [0.2, 0.25) is 5.88 Å². The van der Waals surface area contributed by atoms with E-state index in [0.717, 1.165) is 12.8 Å². The lowest BCUT2D eigenvalue weighted by molar-refractivity contribution is 0.0510. The van der Waals surface area contributed by atoms with E-state index in [-0.39, 0.29) is 11.4 Å². The van der Waals surface area contributed by atoms with E-state index in [1.807, 2.05) is 0 Å². The van der Waals surface area contributed by atoms with Gasteiger partial charge in [0.05, 0.1) is 13.2 Å². The molecule has 6 nitrogen and oxygen atoms in total. The third-order valence-corrected chi connectivity index (χ3v) is 3.06. The van der Waals surface area contributed by atoms with Crippen LogP contribution in [0.4, 0.5) is 0 Å². The number of hydrogen-bond donors (Lipinski definition) is 0. The molecule has 0 bridgehead atoms. The second kappa shape index (κ2) is 8.78. The molecule has 0 aliphatic heterocycles. The fourth-order valence-electron chi connectivity index (χ4n) is 1.82. The first-order valence-electron chi connectivity index (χ1n) is 7.74. The maximum absolute atomic E-state index is 12.0. The summed E-state index contributed by atoms with van der Waals surface area (Å²) in [5.74, 6) is 0.0868. The van der Waals surface area contributed by atoms with Gasteiger partial charge in [0, 0.05) is 32.7 Å². The molecule has 0 atom stereocenters. The number of carbonyl (C=O) groups is 1. The zero-order valence-corrected chi connectivity index (χ0v) is 14.3. The lowest BCUT2D eigenvalue weighted by Crippen LogP contribution is -2.17. The van der Waals surface area contributed by atoms with Crippen molar-refractivity contribution >= 4 is 5.97 Å². The minimum Gasteiger partial charge on any atom is -0.477 e. The van der Waals surface area contributed by atoms with Crippen LogP contribution in [0.3, 0.4) is 0 Å². The molecule has 0 amide bonds. The number of esters is 1. The summed E-state index contributed by atoms with van der Waals surface area (Å²) in [5.41, 5.74) is 0.602. The van der Waals surface area contributed by atoms with Gasteiger partial charge in [0.25, 0.3) is 0 Å². The first-order chi connectivity index (χ1) is 10.4. The number of methoxy groups -OCH3 is 1. The zero-order chi connectivity index (χ0) is 16.6. The zero-order valence-electron chi connectivity index (χ0n) is 14.3. The lowest BCUT2D eigenvalue weighted by atomic mass is 9.92. The summed E-state index contributed by atoms with van der Waals surface area (Å²) >= 11 is 0. The molecular formula is C16H28N2O4. The SMILES string of the molecule is CCOC(=O)c1cc(OCCCOC)nn1CCC(C)(C)C. The minimum atomic E-state index is -0.365. The van der Waals surface area contributed by atoms with Gasteiger partial charge in [-0.2, -0.15) is 0 Å². The van der Waals surface area contributed by atoms with E-state index >= 15 is 0 Å². The van der Waals surface area contributed by atoms with Crippen LogP contribution >= 0.6 is 0 Å². The Labute approximate surface area is 132 Å². The van der Waals surface area contributed by atoms with Gasteiger partial charge in [-0.05, 0) is 18.8 Å². The van der Waals surface area contributed by atoms with Crippen LogP contribution in [0.15, 0.2) is 6.07 Å². The average molecular weight is 312 g/mol. The molecule has 1 rings (SSSR count). The van der Waals surface area contributed by atoms with Crippen LogP contribution in [0, 0.1) is 5.41 Å². The number of aromatic nitrogens is 2. The number of rotatable bonds is 9. The first kappa shape index (κ1) is 18.5.